The zero-order valence-corrected chi connectivity index (χ0v) is 15.0. The first-order valence-corrected chi connectivity index (χ1v) is 8.20. The second-order valence-electron chi connectivity index (χ2n) is 6.00. The van der Waals surface area contributed by atoms with E-state index in [1.165, 1.54) is 27.0 Å². The molecule has 25 heavy (non-hydrogen) atoms. The van der Waals surface area contributed by atoms with Crippen molar-refractivity contribution >= 4 is 5.91 Å². The van der Waals surface area contributed by atoms with Gasteiger partial charge in [-0.1, -0.05) is 0 Å². The molecule has 1 N–H and O–H groups in total. The predicted molar refractivity (Wildman–Crippen MR) is 92.5 cm³/mol. The van der Waals surface area contributed by atoms with Crippen LogP contribution in [0.1, 0.15) is 40.5 Å². The van der Waals surface area contributed by atoms with E-state index in [-0.39, 0.29) is 11.9 Å². The number of carbonyl (C=O) groups excluding carboxylic acids is 1. The van der Waals surface area contributed by atoms with Gasteiger partial charge in [-0.2, -0.15) is 5.10 Å². The molecule has 0 spiro atoms. The largest absolute Gasteiger partial charge is 0.493 e. The van der Waals surface area contributed by atoms with Crippen LogP contribution in [-0.2, 0) is 13.5 Å². The van der Waals surface area contributed by atoms with Crippen LogP contribution in [0.25, 0.3) is 0 Å². The molecule has 7 heteroatoms. The Morgan fingerprint density at radius 1 is 1.20 bits per heavy atom. The first kappa shape index (κ1) is 17.1. The van der Waals surface area contributed by atoms with E-state index in [9.17, 15) is 4.79 Å². The van der Waals surface area contributed by atoms with Gasteiger partial charge in [-0.05, 0) is 31.4 Å². The average molecular weight is 345 g/mol. The summed E-state index contributed by atoms with van der Waals surface area (Å²) in [4.78, 5) is 12.8. The Morgan fingerprint density at radius 2 is 1.88 bits per heavy atom. The molecule has 1 aliphatic carbocycles. The summed E-state index contributed by atoms with van der Waals surface area (Å²) in [5.74, 6) is 1.20. The molecule has 0 fully saturated rings. The Bertz CT molecular complexity index is 760. The molecule has 0 saturated heterocycles. The van der Waals surface area contributed by atoms with E-state index in [0.29, 0.717) is 22.8 Å². The van der Waals surface area contributed by atoms with Crippen molar-refractivity contribution in [3.63, 3.8) is 0 Å². The Hall–Kier alpha value is -2.70. The zero-order valence-electron chi connectivity index (χ0n) is 15.0. The second-order valence-corrected chi connectivity index (χ2v) is 6.00. The summed E-state index contributed by atoms with van der Waals surface area (Å²) in [7, 11) is 6.53. The molecule has 0 aliphatic heterocycles. The van der Waals surface area contributed by atoms with Crippen molar-refractivity contribution in [3.05, 3.63) is 35.2 Å². The van der Waals surface area contributed by atoms with Crippen LogP contribution in [0.4, 0.5) is 0 Å². The number of hydrogen-bond donors (Lipinski definition) is 1. The molecule has 1 aromatic heterocycles. The van der Waals surface area contributed by atoms with Gasteiger partial charge in [-0.25, -0.2) is 0 Å². The molecule has 134 valence electrons. The summed E-state index contributed by atoms with van der Waals surface area (Å²) in [6.45, 7) is 0. The van der Waals surface area contributed by atoms with Crippen molar-refractivity contribution in [1.82, 2.24) is 15.1 Å². The van der Waals surface area contributed by atoms with Crippen LogP contribution in [0.2, 0.25) is 0 Å². The quantitative estimate of drug-likeness (QED) is 0.900. The van der Waals surface area contributed by atoms with Gasteiger partial charge in [0.15, 0.2) is 11.5 Å². The highest BCUT2D eigenvalue weighted by Gasteiger charge is 2.26. The molecule has 1 aromatic carbocycles. The number of nitrogens with one attached hydrogen (secondary N) is 1. The number of fused-ring (bicyclic) bond motifs is 1. The highest BCUT2D eigenvalue weighted by molar-refractivity contribution is 5.96. The predicted octanol–water partition coefficient (Wildman–Crippen LogP) is 2.25. The Kier molecular flexibility index (Phi) is 4.83. The van der Waals surface area contributed by atoms with Crippen LogP contribution in [0, 0.1) is 0 Å². The molecule has 0 radical (unpaired) electrons. The van der Waals surface area contributed by atoms with Crippen LogP contribution >= 0.6 is 0 Å². The number of nitrogens with zero attached hydrogens (tertiary/aromatic N) is 2. The highest BCUT2D eigenvalue weighted by atomic mass is 16.5. The monoisotopic (exact) mass is 345 g/mol. The number of aromatic nitrogens is 2. The SMILES string of the molecule is COc1cc(C(=O)NC2CCCc3c2cnn3C)cc(OC)c1OC. The molecular weight excluding hydrogens is 322 g/mol. The van der Waals surface area contributed by atoms with Crippen molar-refractivity contribution in [2.24, 2.45) is 7.05 Å². The van der Waals surface area contributed by atoms with Crippen molar-refractivity contribution in [2.45, 2.75) is 25.3 Å². The summed E-state index contributed by atoms with van der Waals surface area (Å²) in [6.07, 6.45) is 4.75. The van der Waals surface area contributed by atoms with Crippen LogP contribution in [-0.4, -0.2) is 37.0 Å². The number of benzene rings is 1. The molecular formula is C18H23N3O4. The number of rotatable bonds is 5. The number of carbonyl (C=O) groups is 1. The molecule has 1 unspecified atom stereocenters. The van der Waals surface area contributed by atoms with Crippen molar-refractivity contribution in [1.29, 1.82) is 0 Å². The van der Waals surface area contributed by atoms with Crippen molar-refractivity contribution in [2.75, 3.05) is 21.3 Å². The van der Waals surface area contributed by atoms with Crippen LogP contribution in [0.5, 0.6) is 17.2 Å². The lowest BCUT2D eigenvalue weighted by Crippen LogP contribution is -2.31. The summed E-state index contributed by atoms with van der Waals surface area (Å²) in [5, 5.41) is 7.42. The van der Waals surface area contributed by atoms with Crippen LogP contribution < -0.4 is 19.5 Å². The lowest BCUT2D eigenvalue weighted by Gasteiger charge is -2.24. The Morgan fingerprint density at radius 3 is 2.48 bits per heavy atom. The maximum Gasteiger partial charge on any atom is 0.252 e. The van der Waals surface area contributed by atoms with E-state index in [4.69, 9.17) is 14.2 Å². The van der Waals surface area contributed by atoms with Crippen molar-refractivity contribution in [3.8, 4) is 17.2 Å². The lowest BCUT2D eigenvalue weighted by atomic mass is 9.92. The van der Waals surface area contributed by atoms with Gasteiger partial charge in [-0.3, -0.25) is 9.48 Å². The molecule has 0 saturated carbocycles. The summed E-state index contributed by atoms with van der Waals surface area (Å²) >= 11 is 0. The average Bonchev–Trinajstić information content (AvgIpc) is 3.02. The third-order valence-corrected chi connectivity index (χ3v) is 4.61. The van der Waals surface area contributed by atoms with E-state index in [0.717, 1.165) is 24.8 Å². The molecule has 1 atom stereocenters. The number of hydrogen-bond acceptors (Lipinski definition) is 5. The molecule has 2 aromatic rings. The molecule has 0 bridgehead atoms. The highest BCUT2D eigenvalue weighted by Crippen LogP contribution is 2.38. The fourth-order valence-electron chi connectivity index (χ4n) is 3.31. The first-order valence-electron chi connectivity index (χ1n) is 8.20. The molecule has 1 heterocycles. The van der Waals surface area contributed by atoms with Gasteiger partial charge in [0.25, 0.3) is 5.91 Å². The molecule has 3 rings (SSSR count). The zero-order chi connectivity index (χ0) is 18.0. The number of methoxy groups -OCH3 is 3. The Labute approximate surface area is 146 Å². The fourth-order valence-corrected chi connectivity index (χ4v) is 3.31. The summed E-state index contributed by atoms with van der Waals surface area (Å²) in [5.41, 5.74) is 2.74. The second kappa shape index (κ2) is 7.04. The maximum absolute atomic E-state index is 12.8. The fraction of sp³-hybridized carbons (Fsp3) is 0.444. The van der Waals surface area contributed by atoms with Gasteiger partial charge in [0.05, 0.1) is 33.6 Å². The number of ether oxygens (including phenoxy) is 3. The molecule has 1 amide bonds. The minimum absolute atomic E-state index is 0.0379. The molecule has 7 nitrogen and oxygen atoms in total. The van der Waals surface area contributed by atoms with E-state index < -0.39 is 0 Å². The third kappa shape index (κ3) is 3.14. The van der Waals surface area contributed by atoms with E-state index in [1.807, 2.05) is 17.9 Å². The van der Waals surface area contributed by atoms with Gasteiger partial charge < -0.3 is 19.5 Å². The van der Waals surface area contributed by atoms with Gasteiger partial charge >= 0.3 is 0 Å². The minimum Gasteiger partial charge on any atom is -0.493 e. The van der Waals surface area contributed by atoms with E-state index in [1.54, 1.807) is 12.1 Å². The van der Waals surface area contributed by atoms with Gasteiger partial charge in [0, 0.05) is 23.9 Å². The van der Waals surface area contributed by atoms with E-state index in [2.05, 4.69) is 10.4 Å². The van der Waals surface area contributed by atoms with Crippen LogP contribution in [0.15, 0.2) is 18.3 Å². The maximum atomic E-state index is 12.8. The lowest BCUT2D eigenvalue weighted by molar-refractivity contribution is 0.0932. The van der Waals surface area contributed by atoms with Gasteiger partial charge in [-0.15, -0.1) is 0 Å². The summed E-state index contributed by atoms with van der Waals surface area (Å²) < 4.78 is 17.8. The summed E-state index contributed by atoms with van der Waals surface area (Å²) in [6, 6.07) is 3.27. The topological polar surface area (TPSA) is 74.6 Å². The Balaban J connectivity index is 1.87. The standard InChI is InChI=1S/C18H23N3O4/c1-21-14-7-5-6-13(12(14)10-19-21)20-18(22)11-8-15(23-2)17(25-4)16(9-11)24-3/h8-10,13H,5-7H2,1-4H3,(H,20,22). The van der Waals surface area contributed by atoms with Gasteiger partial charge in [0.2, 0.25) is 5.75 Å². The number of aryl methyl sites for hydroxylation is 1. The van der Waals surface area contributed by atoms with Crippen molar-refractivity contribution < 1.29 is 19.0 Å². The first-order chi connectivity index (χ1) is 12.1. The smallest absolute Gasteiger partial charge is 0.252 e. The van der Waals surface area contributed by atoms with E-state index >= 15 is 0 Å². The van der Waals surface area contributed by atoms with Gasteiger partial charge in [0.1, 0.15) is 0 Å². The normalized spacial score (nSPS) is 16.1. The van der Waals surface area contributed by atoms with Crippen LogP contribution in [0.3, 0.4) is 0 Å². The minimum atomic E-state index is -0.180. The molecule has 1 aliphatic rings. The number of amides is 1. The third-order valence-electron chi connectivity index (χ3n) is 4.61.